The second-order valence-corrected chi connectivity index (χ2v) is 7.78. The van der Waals surface area contributed by atoms with Crippen LogP contribution in [-0.4, -0.2) is 17.3 Å². The van der Waals surface area contributed by atoms with Crippen LogP contribution in [0.3, 0.4) is 0 Å². The van der Waals surface area contributed by atoms with Crippen molar-refractivity contribution < 1.29 is 9.53 Å². The molecule has 0 saturated heterocycles. The maximum atomic E-state index is 13.1. The molecule has 2 heterocycles. The van der Waals surface area contributed by atoms with Crippen LogP contribution in [0.2, 0.25) is 0 Å². The molecular weight excluding hydrogens is 316 g/mol. The Morgan fingerprint density at radius 3 is 2.04 bits per heavy atom. The van der Waals surface area contributed by atoms with Crippen LogP contribution < -0.4 is 0 Å². The predicted octanol–water partition coefficient (Wildman–Crippen LogP) is 4.85. The molecule has 2 nitrogen and oxygen atoms in total. The first-order valence-electron chi connectivity index (χ1n) is 8.30. The lowest BCUT2D eigenvalue weighted by atomic mass is 9.68. The number of fused-ring (bicyclic) bond motifs is 1. The fourth-order valence-electron chi connectivity index (χ4n) is 4.10. The standard InChI is InChI=1S/C21H20O2S/c1-4-23-20(22)21(13(2)3)18-14-9-5-7-11-16(14)19(24-21)17-12-8-6-10-15(17)18/h5-12,18-19H,2,4H2,1,3H3. The van der Waals surface area contributed by atoms with Crippen molar-refractivity contribution in [3.63, 3.8) is 0 Å². The highest BCUT2D eigenvalue weighted by Crippen LogP contribution is 2.65. The van der Waals surface area contributed by atoms with Gasteiger partial charge in [0.15, 0.2) is 0 Å². The number of hydrogen-bond acceptors (Lipinski definition) is 3. The smallest absolute Gasteiger partial charge is 0.327 e. The average Bonchev–Trinajstić information content (AvgIpc) is 2.61. The lowest BCUT2D eigenvalue weighted by Crippen LogP contribution is -2.50. The average molecular weight is 336 g/mol. The Bertz CT molecular complexity index is 794. The Morgan fingerprint density at radius 1 is 1.08 bits per heavy atom. The molecule has 0 N–H and O–H groups in total. The van der Waals surface area contributed by atoms with E-state index in [9.17, 15) is 4.79 Å². The molecule has 1 atom stereocenters. The summed E-state index contributed by atoms with van der Waals surface area (Å²) in [6.45, 7) is 8.39. The van der Waals surface area contributed by atoms with E-state index in [0.29, 0.717) is 6.61 Å². The van der Waals surface area contributed by atoms with Crippen LogP contribution >= 0.6 is 11.8 Å². The third-order valence-corrected chi connectivity index (χ3v) is 6.97. The van der Waals surface area contributed by atoms with Crippen molar-refractivity contribution in [3.05, 3.63) is 82.9 Å². The number of ether oxygens (including phenoxy) is 1. The molecule has 2 aromatic carbocycles. The molecule has 5 rings (SSSR count). The largest absolute Gasteiger partial charge is 0.465 e. The van der Waals surface area contributed by atoms with Gasteiger partial charge in [-0.05, 0) is 36.1 Å². The van der Waals surface area contributed by atoms with E-state index in [0.717, 1.165) is 5.57 Å². The molecule has 0 amide bonds. The van der Waals surface area contributed by atoms with Crippen LogP contribution in [0.25, 0.3) is 0 Å². The molecule has 122 valence electrons. The lowest BCUT2D eigenvalue weighted by molar-refractivity contribution is -0.145. The first-order valence-corrected chi connectivity index (χ1v) is 9.18. The van der Waals surface area contributed by atoms with Crippen molar-refractivity contribution in [3.8, 4) is 0 Å². The molecule has 0 radical (unpaired) electrons. The fraction of sp³-hybridized carbons (Fsp3) is 0.286. The molecule has 0 spiro atoms. The van der Waals surface area contributed by atoms with Gasteiger partial charge in [0.25, 0.3) is 0 Å². The first kappa shape index (κ1) is 15.5. The van der Waals surface area contributed by atoms with Gasteiger partial charge in [0.1, 0.15) is 4.75 Å². The molecule has 0 aromatic heterocycles. The van der Waals surface area contributed by atoms with Gasteiger partial charge in [0.05, 0.1) is 11.9 Å². The van der Waals surface area contributed by atoms with Crippen molar-refractivity contribution in [1.82, 2.24) is 0 Å². The molecule has 24 heavy (non-hydrogen) atoms. The Labute approximate surface area is 146 Å². The minimum Gasteiger partial charge on any atom is -0.465 e. The highest BCUT2D eigenvalue weighted by Gasteiger charge is 2.59. The van der Waals surface area contributed by atoms with E-state index in [1.807, 2.05) is 13.8 Å². The third-order valence-electron chi connectivity index (χ3n) is 5.10. The van der Waals surface area contributed by atoms with Crippen molar-refractivity contribution in [1.29, 1.82) is 0 Å². The van der Waals surface area contributed by atoms with Crippen molar-refractivity contribution in [2.24, 2.45) is 0 Å². The minimum atomic E-state index is -0.747. The van der Waals surface area contributed by atoms with E-state index >= 15 is 0 Å². The third kappa shape index (κ3) is 1.88. The minimum absolute atomic E-state index is 0.0450. The molecule has 1 unspecified atom stereocenters. The van der Waals surface area contributed by atoms with Crippen molar-refractivity contribution >= 4 is 17.7 Å². The van der Waals surface area contributed by atoms with Gasteiger partial charge < -0.3 is 4.74 Å². The van der Waals surface area contributed by atoms with Crippen LogP contribution in [0, 0.1) is 0 Å². The van der Waals surface area contributed by atoms with Gasteiger partial charge >= 0.3 is 5.97 Å². The van der Waals surface area contributed by atoms with Gasteiger partial charge in [-0.25, -0.2) is 0 Å². The molecule has 2 bridgehead atoms. The summed E-state index contributed by atoms with van der Waals surface area (Å²) in [6.07, 6.45) is 0. The summed E-state index contributed by atoms with van der Waals surface area (Å²) in [4.78, 5) is 13.1. The van der Waals surface area contributed by atoms with Crippen LogP contribution in [0.4, 0.5) is 0 Å². The number of carbonyl (C=O) groups is 1. The molecule has 2 aliphatic heterocycles. The number of esters is 1. The monoisotopic (exact) mass is 336 g/mol. The molecule has 0 saturated carbocycles. The Morgan fingerprint density at radius 2 is 1.58 bits per heavy atom. The second-order valence-electron chi connectivity index (χ2n) is 6.43. The van der Waals surface area contributed by atoms with Crippen LogP contribution in [-0.2, 0) is 9.53 Å². The number of rotatable bonds is 3. The maximum absolute atomic E-state index is 13.1. The normalized spacial score (nSPS) is 26.4. The number of thioether (sulfide) groups is 1. The van der Waals surface area contributed by atoms with E-state index in [2.05, 4.69) is 55.1 Å². The molecular formula is C21H20O2S. The number of hydrogen-bond donors (Lipinski definition) is 0. The van der Waals surface area contributed by atoms with Crippen LogP contribution in [0.15, 0.2) is 60.7 Å². The van der Waals surface area contributed by atoms with Gasteiger partial charge in [0, 0.05) is 5.92 Å². The SMILES string of the molecule is C=C(C)C1(C(=O)OCC)SC2c3ccccc3C1c1ccccc12. The zero-order valence-corrected chi connectivity index (χ0v) is 14.7. The van der Waals surface area contributed by atoms with Crippen molar-refractivity contribution in [2.75, 3.05) is 6.61 Å². The van der Waals surface area contributed by atoms with Gasteiger partial charge in [-0.3, -0.25) is 4.79 Å². The van der Waals surface area contributed by atoms with Gasteiger partial charge in [-0.15, -0.1) is 11.8 Å². The maximum Gasteiger partial charge on any atom is 0.327 e. The summed E-state index contributed by atoms with van der Waals surface area (Å²) >= 11 is 1.70. The van der Waals surface area contributed by atoms with E-state index in [4.69, 9.17) is 4.74 Å². The van der Waals surface area contributed by atoms with E-state index < -0.39 is 4.75 Å². The first-order chi connectivity index (χ1) is 11.6. The molecule has 1 aliphatic carbocycles. The lowest BCUT2D eigenvalue weighted by Gasteiger charge is -2.51. The van der Waals surface area contributed by atoms with E-state index in [1.165, 1.54) is 22.3 Å². The number of benzene rings is 2. The Hall–Kier alpha value is -2.00. The highest BCUT2D eigenvalue weighted by molar-refractivity contribution is 8.02. The molecule has 3 heteroatoms. The van der Waals surface area contributed by atoms with Gasteiger partial charge in [-0.1, -0.05) is 60.7 Å². The summed E-state index contributed by atoms with van der Waals surface area (Å²) < 4.78 is 4.76. The van der Waals surface area contributed by atoms with Gasteiger partial charge in [-0.2, -0.15) is 0 Å². The fourth-order valence-corrected chi connectivity index (χ4v) is 5.91. The summed E-state index contributed by atoms with van der Waals surface area (Å²) in [6, 6.07) is 16.9. The van der Waals surface area contributed by atoms with Crippen LogP contribution in [0.5, 0.6) is 0 Å². The highest BCUT2D eigenvalue weighted by atomic mass is 32.2. The zero-order chi connectivity index (χ0) is 16.9. The zero-order valence-electron chi connectivity index (χ0n) is 13.9. The Kier molecular flexibility index (Phi) is 3.57. The van der Waals surface area contributed by atoms with E-state index in [1.54, 1.807) is 11.8 Å². The van der Waals surface area contributed by atoms with Gasteiger partial charge in [0.2, 0.25) is 0 Å². The topological polar surface area (TPSA) is 26.3 Å². The predicted molar refractivity (Wildman–Crippen MR) is 98.3 cm³/mol. The summed E-state index contributed by atoms with van der Waals surface area (Å²) in [5, 5.41) is 0.142. The van der Waals surface area contributed by atoms with Crippen molar-refractivity contribution in [2.45, 2.75) is 29.8 Å². The molecule has 3 aliphatic rings. The second kappa shape index (κ2) is 5.52. The number of carbonyl (C=O) groups excluding carboxylic acids is 1. The molecule has 2 aromatic rings. The Balaban J connectivity index is 2.01. The van der Waals surface area contributed by atoms with E-state index in [-0.39, 0.29) is 17.1 Å². The quantitative estimate of drug-likeness (QED) is 0.592. The summed E-state index contributed by atoms with van der Waals surface area (Å²) in [5.41, 5.74) is 5.96. The summed E-state index contributed by atoms with van der Waals surface area (Å²) in [7, 11) is 0. The summed E-state index contributed by atoms with van der Waals surface area (Å²) in [5.74, 6) is -0.210. The molecule has 0 fully saturated rings. The van der Waals surface area contributed by atoms with Crippen LogP contribution in [0.1, 0.15) is 47.3 Å².